The number of nitrogens with one attached hydrogen (secondary N) is 1. The maximum Gasteiger partial charge on any atom is 0.224 e. The van der Waals surface area contributed by atoms with Crippen LogP contribution in [0.4, 0.5) is 0 Å². The molecule has 0 aromatic heterocycles. The number of hydrogen-bond acceptors (Lipinski definition) is 1. The maximum atomic E-state index is 11.6. The molecular formula is C15H23NO. The van der Waals surface area contributed by atoms with Gasteiger partial charge in [0.15, 0.2) is 0 Å². The van der Waals surface area contributed by atoms with E-state index in [0.717, 1.165) is 5.56 Å². The topological polar surface area (TPSA) is 29.1 Å². The molecule has 17 heavy (non-hydrogen) atoms. The minimum atomic E-state index is 0.0866. The van der Waals surface area contributed by atoms with Gasteiger partial charge in [-0.3, -0.25) is 4.79 Å². The average Bonchev–Trinajstić information content (AvgIpc) is 2.15. The van der Waals surface area contributed by atoms with Crippen molar-refractivity contribution in [3.8, 4) is 0 Å². The molecule has 1 amide bonds. The van der Waals surface area contributed by atoms with Gasteiger partial charge in [-0.2, -0.15) is 0 Å². The number of amides is 1. The van der Waals surface area contributed by atoms with Gasteiger partial charge in [0.2, 0.25) is 5.91 Å². The Hall–Kier alpha value is -1.31. The molecule has 0 bridgehead atoms. The Morgan fingerprint density at radius 3 is 2.12 bits per heavy atom. The Labute approximate surface area is 104 Å². The van der Waals surface area contributed by atoms with Crippen LogP contribution in [-0.4, -0.2) is 11.9 Å². The maximum absolute atomic E-state index is 11.6. The van der Waals surface area contributed by atoms with E-state index in [-0.39, 0.29) is 17.4 Å². The molecule has 0 aliphatic carbocycles. The summed E-state index contributed by atoms with van der Waals surface area (Å²) >= 11 is 0. The Balaban J connectivity index is 2.66. The lowest BCUT2D eigenvalue weighted by atomic mass is 9.86. The number of benzene rings is 1. The fourth-order valence-corrected chi connectivity index (χ4v) is 1.68. The molecule has 0 unspecified atom stereocenters. The summed E-state index contributed by atoms with van der Waals surface area (Å²) in [7, 11) is 0. The van der Waals surface area contributed by atoms with Crippen LogP contribution in [0.2, 0.25) is 0 Å². The Morgan fingerprint density at radius 2 is 1.71 bits per heavy atom. The molecule has 2 nitrogen and oxygen atoms in total. The summed E-state index contributed by atoms with van der Waals surface area (Å²) in [6.07, 6.45) is 0.461. The zero-order valence-corrected chi connectivity index (χ0v) is 11.5. The molecule has 0 aliphatic heterocycles. The van der Waals surface area contributed by atoms with Crippen LogP contribution >= 0.6 is 0 Å². The first kappa shape index (κ1) is 13.8. The first-order valence-electron chi connectivity index (χ1n) is 6.18. The smallest absolute Gasteiger partial charge is 0.224 e. The molecule has 0 fully saturated rings. The Kier molecular flexibility index (Phi) is 4.33. The van der Waals surface area contributed by atoms with Crippen LogP contribution in [0.3, 0.4) is 0 Å². The van der Waals surface area contributed by atoms with E-state index in [1.807, 2.05) is 26.0 Å². The lowest BCUT2D eigenvalue weighted by molar-refractivity contribution is -0.120. The predicted octanol–water partition coefficient (Wildman–Crippen LogP) is 3.05. The summed E-state index contributed by atoms with van der Waals surface area (Å²) in [6, 6.07) is 8.51. The van der Waals surface area contributed by atoms with E-state index in [4.69, 9.17) is 0 Å². The van der Waals surface area contributed by atoms with Crippen LogP contribution in [0.5, 0.6) is 0 Å². The third kappa shape index (κ3) is 4.59. The minimum absolute atomic E-state index is 0.0866. The van der Waals surface area contributed by atoms with Crippen molar-refractivity contribution in [1.82, 2.24) is 5.32 Å². The third-order valence-electron chi connectivity index (χ3n) is 2.63. The number of carbonyl (C=O) groups excluding carboxylic acids is 1. The van der Waals surface area contributed by atoms with E-state index >= 15 is 0 Å². The van der Waals surface area contributed by atoms with Crippen molar-refractivity contribution in [2.45, 2.75) is 52.5 Å². The third-order valence-corrected chi connectivity index (χ3v) is 2.63. The highest BCUT2D eigenvalue weighted by Crippen LogP contribution is 2.22. The SMILES string of the molecule is CC(C)NC(=O)Cc1ccc(C(C)(C)C)cc1. The second-order valence-electron chi connectivity index (χ2n) is 5.85. The van der Waals surface area contributed by atoms with E-state index in [9.17, 15) is 4.79 Å². The van der Waals surface area contributed by atoms with Crippen LogP contribution in [0.15, 0.2) is 24.3 Å². The molecule has 0 saturated carbocycles. The molecule has 0 radical (unpaired) electrons. The molecule has 1 N–H and O–H groups in total. The van der Waals surface area contributed by atoms with Crippen molar-refractivity contribution in [2.24, 2.45) is 0 Å². The standard InChI is InChI=1S/C15H23NO/c1-11(2)16-14(17)10-12-6-8-13(9-7-12)15(3,4)5/h6-9,11H,10H2,1-5H3,(H,16,17). The van der Waals surface area contributed by atoms with Crippen molar-refractivity contribution in [3.05, 3.63) is 35.4 Å². The van der Waals surface area contributed by atoms with E-state index in [1.54, 1.807) is 0 Å². The van der Waals surface area contributed by atoms with Crippen LogP contribution in [0.25, 0.3) is 0 Å². The van der Waals surface area contributed by atoms with Gasteiger partial charge < -0.3 is 5.32 Å². The quantitative estimate of drug-likeness (QED) is 0.854. The lowest BCUT2D eigenvalue weighted by Gasteiger charge is -2.19. The molecule has 0 heterocycles. The number of rotatable bonds is 3. The number of hydrogen-bond donors (Lipinski definition) is 1. The van der Waals surface area contributed by atoms with E-state index in [1.165, 1.54) is 5.56 Å². The molecule has 0 spiro atoms. The second-order valence-corrected chi connectivity index (χ2v) is 5.85. The average molecular weight is 233 g/mol. The van der Waals surface area contributed by atoms with Crippen LogP contribution < -0.4 is 5.32 Å². The van der Waals surface area contributed by atoms with Crippen molar-refractivity contribution in [2.75, 3.05) is 0 Å². The molecule has 0 aliphatic rings. The highest BCUT2D eigenvalue weighted by Gasteiger charge is 2.13. The molecule has 1 aromatic rings. The van der Waals surface area contributed by atoms with Gasteiger partial charge in [-0.25, -0.2) is 0 Å². The van der Waals surface area contributed by atoms with Gasteiger partial charge in [0.1, 0.15) is 0 Å². The highest BCUT2D eigenvalue weighted by molar-refractivity contribution is 5.78. The summed E-state index contributed by atoms with van der Waals surface area (Å²) in [5.41, 5.74) is 2.53. The minimum Gasteiger partial charge on any atom is -0.354 e. The van der Waals surface area contributed by atoms with Gasteiger partial charge in [-0.15, -0.1) is 0 Å². The fraction of sp³-hybridized carbons (Fsp3) is 0.533. The van der Waals surface area contributed by atoms with Crippen LogP contribution in [0.1, 0.15) is 45.7 Å². The van der Waals surface area contributed by atoms with Gasteiger partial charge in [-0.05, 0) is 30.4 Å². The van der Waals surface area contributed by atoms with Gasteiger partial charge in [0.05, 0.1) is 6.42 Å². The molecule has 0 atom stereocenters. The van der Waals surface area contributed by atoms with Crippen LogP contribution in [0, 0.1) is 0 Å². The predicted molar refractivity (Wildman–Crippen MR) is 72.1 cm³/mol. The van der Waals surface area contributed by atoms with E-state index in [2.05, 4.69) is 38.2 Å². The summed E-state index contributed by atoms with van der Waals surface area (Å²) in [5.74, 6) is 0.0866. The Morgan fingerprint density at radius 1 is 1.18 bits per heavy atom. The molecule has 2 heteroatoms. The first-order valence-corrected chi connectivity index (χ1v) is 6.18. The summed E-state index contributed by atoms with van der Waals surface area (Å²) in [6.45, 7) is 10.5. The monoisotopic (exact) mass is 233 g/mol. The first-order chi connectivity index (χ1) is 7.79. The fourth-order valence-electron chi connectivity index (χ4n) is 1.68. The Bertz CT molecular complexity index is 371. The molecule has 0 saturated heterocycles. The zero-order valence-electron chi connectivity index (χ0n) is 11.5. The van der Waals surface area contributed by atoms with Gasteiger partial charge >= 0.3 is 0 Å². The largest absolute Gasteiger partial charge is 0.354 e. The molecule has 94 valence electrons. The van der Waals surface area contributed by atoms with Gasteiger partial charge in [0, 0.05) is 6.04 Å². The summed E-state index contributed by atoms with van der Waals surface area (Å²) in [4.78, 5) is 11.6. The van der Waals surface area contributed by atoms with Gasteiger partial charge in [-0.1, -0.05) is 45.0 Å². The number of carbonyl (C=O) groups is 1. The van der Waals surface area contributed by atoms with Crippen molar-refractivity contribution >= 4 is 5.91 Å². The summed E-state index contributed by atoms with van der Waals surface area (Å²) in [5, 5.41) is 2.90. The molecule has 1 rings (SSSR count). The molecular weight excluding hydrogens is 210 g/mol. The highest BCUT2D eigenvalue weighted by atomic mass is 16.1. The van der Waals surface area contributed by atoms with E-state index < -0.39 is 0 Å². The normalized spacial score (nSPS) is 11.6. The molecule has 1 aromatic carbocycles. The summed E-state index contributed by atoms with van der Waals surface area (Å²) < 4.78 is 0. The van der Waals surface area contributed by atoms with Crippen LogP contribution in [-0.2, 0) is 16.6 Å². The lowest BCUT2D eigenvalue weighted by Crippen LogP contribution is -2.31. The van der Waals surface area contributed by atoms with E-state index in [0.29, 0.717) is 6.42 Å². The van der Waals surface area contributed by atoms with Gasteiger partial charge in [0.25, 0.3) is 0 Å². The van der Waals surface area contributed by atoms with Crippen molar-refractivity contribution in [1.29, 1.82) is 0 Å². The van der Waals surface area contributed by atoms with Crippen molar-refractivity contribution in [3.63, 3.8) is 0 Å². The second kappa shape index (κ2) is 5.35. The zero-order chi connectivity index (χ0) is 13.1. The van der Waals surface area contributed by atoms with Crippen molar-refractivity contribution < 1.29 is 4.79 Å².